The Labute approximate surface area is 171 Å². The molecule has 3 heterocycles. The Kier molecular flexibility index (Phi) is 5.56. The summed E-state index contributed by atoms with van der Waals surface area (Å²) in [4.78, 5) is 29.5. The van der Waals surface area contributed by atoms with Crippen molar-refractivity contribution in [1.82, 2.24) is 4.98 Å². The number of anilines is 1. The van der Waals surface area contributed by atoms with Crippen LogP contribution in [-0.2, 0) is 23.8 Å². The fourth-order valence-corrected chi connectivity index (χ4v) is 3.96. The van der Waals surface area contributed by atoms with E-state index in [9.17, 15) is 9.59 Å². The minimum Gasteiger partial charge on any atom is -0.452 e. The van der Waals surface area contributed by atoms with Gasteiger partial charge in [-0.05, 0) is 19.1 Å². The third kappa shape index (κ3) is 4.14. The van der Waals surface area contributed by atoms with Crippen LogP contribution in [0.5, 0.6) is 0 Å². The molecule has 1 amide bonds. The Bertz CT molecular complexity index is 926. The lowest BCUT2D eigenvalue weighted by Crippen LogP contribution is -2.39. The second-order valence-corrected chi connectivity index (χ2v) is 7.66. The van der Waals surface area contributed by atoms with Crippen LogP contribution in [0.25, 0.3) is 0 Å². The highest BCUT2D eigenvalue weighted by molar-refractivity contribution is 7.11. The average Bonchev–Trinajstić information content (AvgIpc) is 3.48. The Morgan fingerprint density at radius 1 is 1.28 bits per heavy atom. The molecule has 0 spiro atoms. The number of carbonyl (C=O) groups excluding carboxylic acids is 2. The number of hydrazone groups is 1. The zero-order chi connectivity index (χ0) is 20.4. The first-order valence-corrected chi connectivity index (χ1v) is 9.95. The molecule has 0 bridgehead atoms. The second-order valence-electron chi connectivity index (χ2n) is 6.57. The van der Waals surface area contributed by atoms with Gasteiger partial charge in [-0.1, -0.05) is 18.2 Å². The van der Waals surface area contributed by atoms with Gasteiger partial charge in [0.25, 0.3) is 0 Å². The van der Waals surface area contributed by atoms with Crippen molar-refractivity contribution >= 4 is 34.6 Å². The molecule has 0 saturated carbocycles. The van der Waals surface area contributed by atoms with E-state index in [0.717, 1.165) is 4.88 Å². The van der Waals surface area contributed by atoms with Crippen LogP contribution in [0.3, 0.4) is 0 Å². The maximum atomic E-state index is 12.6. The molecule has 10 heteroatoms. The van der Waals surface area contributed by atoms with Gasteiger partial charge in [-0.3, -0.25) is 9.80 Å². The van der Waals surface area contributed by atoms with Gasteiger partial charge in [-0.15, -0.1) is 11.3 Å². The van der Waals surface area contributed by atoms with Crippen LogP contribution in [0.1, 0.15) is 35.6 Å². The van der Waals surface area contributed by atoms with Gasteiger partial charge in [0, 0.05) is 12.6 Å². The normalized spacial score (nSPS) is 20.5. The highest BCUT2D eigenvalue weighted by Gasteiger charge is 2.36. The van der Waals surface area contributed by atoms with Crippen LogP contribution in [0.2, 0.25) is 0 Å². The van der Waals surface area contributed by atoms with E-state index in [1.807, 2.05) is 18.2 Å². The number of para-hydroxylation sites is 1. The molecule has 0 unspecified atom stereocenters. The van der Waals surface area contributed by atoms with E-state index in [1.54, 1.807) is 25.3 Å². The first-order valence-electron chi connectivity index (χ1n) is 9.14. The van der Waals surface area contributed by atoms with E-state index < -0.39 is 30.3 Å². The lowest BCUT2D eigenvalue weighted by molar-refractivity contribution is -0.140. The minimum absolute atomic E-state index is 0.0907. The largest absolute Gasteiger partial charge is 0.452 e. The average molecular weight is 416 g/mol. The SMILES string of the molecule is C[C@H](OC(=O)C1=NN(c2ccccc2)[C@H](C(N)=O)C1)c1cnc(C2OCCO2)s1. The fourth-order valence-electron chi connectivity index (χ4n) is 3.06. The summed E-state index contributed by atoms with van der Waals surface area (Å²) < 4.78 is 16.4. The molecule has 2 aliphatic heterocycles. The number of aromatic nitrogens is 1. The Balaban J connectivity index is 1.45. The maximum Gasteiger partial charge on any atom is 0.355 e. The van der Waals surface area contributed by atoms with Gasteiger partial charge in [-0.2, -0.15) is 5.10 Å². The van der Waals surface area contributed by atoms with Gasteiger partial charge in [-0.25, -0.2) is 9.78 Å². The molecule has 2 N–H and O–H groups in total. The number of rotatable bonds is 6. The number of nitrogens with two attached hydrogens (primary N) is 1. The van der Waals surface area contributed by atoms with Crippen LogP contribution in [0, 0.1) is 0 Å². The number of amides is 1. The van der Waals surface area contributed by atoms with Crippen molar-refractivity contribution in [2.75, 3.05) is 18.2 Å². The number of benzene rings is 1. The zero-order valence-electron chi connectivity index (χ0n) is 15.7. The number of hydrogen-bond acceptors (Lipinski definition) is 9. The van der Waals surface area contributed by atoms with Crippen molar-refractivity contribution in [3.63, 3.8) is 0 Å². The van der Waals surface area contributed by atoms with E-state index >= 15 is 0 Å². The van der Waals surface area contributed by atoms with E-state index in [1.165, 1.54) is 16.3 Å². The Morgan fingerprint density at radius 2 is 2.00 bits per heavy atom. The standard InChI is InChI=1S/C19H20N4O5S/c1-11(15-10-21-17(29-15)19-26-7-8-27-19)28-18(25)13-9-14(16(20)24)23(22-13)12-5-3-2-4-6-12/h2-6,10-11,14,19H,7-9H2,1H3,(H2,20,24)/t11-,14-/m0/s1. The lowest BCUT2D eigenvalue weighted by Gasteiger charge is -2.20. The number of primary amides is 1. The molecule has 2 aromatic rings. The highest BCUT2D eigenvalue weighted by Crippen LogP contribution is 2.32. The summed E-state index contributed by atoms with van der Waals surface area (Å²) in [6.07, 6.45) is 0.734. The zero-order valence-corrected chi connectivity index (χ0v) is 16.5. The molecule has 1 fully saturated rings. The van der Waals surface area contributed by atoms with Crippen molar-refractivity contribution in [3.8, 4) is 0 Å². The van der Waals surface area contributed by atoms with Crippen molar-refractivity contribution in [3.05, 3.63) is 46.4 Å². The Morgan fingerprint density at radius 3 is 2.69 bits per heavy atom. The van der Waals surface area contributed by atoms with Gasteiger partial charge in [0.15, 0.2) is 0 Å². The molecule has 1 saturated heterocycles. The van der Waals surface area contributed by atoms with Crippen molar-refractivity contribution in [2.24, 2.45) is 10.8 Å². The van der Waals surface area contributed by atoms with Crippen molar-refractivity contribution in [2.45, 2.75) is 31.8 Å². The second kappa shape index (κ2) is 8.27. The number of nitrogens with zero attached hydrogens (tertiary/aromatic N) is 3. The maximum absolute atomic E-state index is 12.6. The van der Waals surface area contributed by atoms with Crippen LogP contribution in [0.15, 0.2) is 41.6 Å². The first-order chi connectivity index (χ1) is 14.0. The number of carbonyl (C=O) groups is 2. The molecule has 29 heavy (non-hydrogen) atoms. The van der Waals surface area contributed by atoms with Crippen LogP contribution >= 0.6 is 11.3 Å². The summed E-state index contributed by atoms with van der Waals surface area (Å²) in [5, 5.41) is 6.44. The van der Waals surface area contributed by atoms with E-state index in [4.69, 9.17) is 19.9 Å². The van der Waals surface area contributed by atoms with Gasteiger partial charge in [0.05, 0.1) is 23.8 Å². The predicted molar refractivity (Wildman–Crippen MR) is 105 cm³/mol. The molecular weight excluding hydrogens is 396 g/mol. The molecule has 1 aromatic heterocycles. The van der Waals surface area contributed by atoms with Gasteiger partial charge >= 0.3 is 5.97 Å². The highest BCUT2D eigenvalue weighted by atomic mass is 32.1. The van der Waals surface area contributed by atoms with E-state index in [2.05, 4.69) is 10.1 Å². The quantitative estimate of drug-likeness (QED) is 0.715. The number of thiazole rings is 1. The Hall–Kier alpha value is -2.82. The summed E-state index contributed by atoms with van der Waals surface area (Å²) >= 11 is 1.36. The smallest absolute Gasteiger partial charge is 0.355 e. The first kappa shape index (κ1) is 19.5. The summed E-state index contributed by atoms with van der Waals surface area (Å²) in [5.41, 5.74) is 6.33. The summed E-state index contributed by atoms with van der Waals surface area (Å²) in [7, 11) is 0. The van der Waals surface area contributed by atoms with Gasteiger partial charge < -0.3 is 19.9 Å². The minimum atomic E-state index is -0.734. The van der Waals surface area contributed by atoms with Crippen LogP contribution in [0.4, 0.5) is 5.69 Å². The van der Waals surface area contributed by atoms with Gasteiger partial charge in [0.2, 0.25) is 12.2 Å². The molecule has 2 aliphatic rings. The molecule has 4 rings (SSSR count). The summed E-state index contributed by atoms with van der Waals surface area (Å²) in [6, 6.07) is 8.35. The summed E-state index contributed by atoms with van der Waals surface area (Å²) in [6.45, 7) is 2.81. The molecule has 0 aliphatic carbocycles. The topological polar surface area (TPSA) is 116 Å². The molecule has 152 valence electrons. The molecule has 9 nitrogen and oxygen atoms in total. The predicted octanol–water partition coefficient (Wildman–Crippen LogP) is 1.91. The third-order valence-corrected chi connectivity index (χ3v) is 5.72. The number of hydrogen-bond donors (Lipinski definition) is 1. The van der Waals surface area contributed by atoms with E-state index in [0.29, 0.717) is 23.9 Å². The van der Waals surface area contributed by atoms with Gasteiger partial charge in [0.1, 0.15) is 22.9 Å². The fraction of sp³-hybridized carbons (Fsp3) is 0.368. The summed E-state index contributed by atoms with van der Waals surface area (Å²) in [5.74, 6) is -1.15. The molecule has 1 aromatic carbocycles. The lowest BCUT2D eigenvalue weighted by atomic mass is 10.1. The molecule has 2 atom stereocenters. The van der Waals surface area contributed by atoms with E-state index in [-0.39, 0.29) is 12.1 Å². The molecular formula is C19H20N4O5S. The number of ether oxygens (including phenoxy) is 3. The van der Waals surface area contributed by atoms with Crippen LogP contribution in [-0.4, -0.2) is 41.8 Å². The van der Waals surface area contributed by atoms with Crippen LogP contribution < -0.4 is 10.7 Å². The third-order valence-electron chi connectivity index (χ3n) is 4.54. The molecule has 0 radical (unpaired) electrons. The monoisotopic (exact) mass is 416 g/mol. The van der Waals surface area contributed by atoms with Crippen molar-refractivity contribution < 1.29 is 23.8 Å². The number of esters is 1. The van der Waals surface area contributed by atoms with Crippen molar-refractivity contribution in [1.29, 1.82) is 0 Å².